The van der Waals surface area contributed by atoms with Gasteiger partial charge in [-0.2, -0.15) is 0 Å². The van der Waals surface area contributed by atoms with Gasteiger partial charge in [0.25, 0.3) is 0 Å². The van der Waals surface area contributed by atoms with Gasteiger partial charge in [0.05, 0.1) is 9.52 Å². The van der Waals surface area contributed by atoms with Gasteiger partial charge in [-0.15, -0.1) is 0 Å². The third-order valence-electron chi connectivity index (χ3n) is 4.50. The average molecular weight is 352 g/mol. The monoisotopic (exact) mass is 352 g/mol. The molecule has 0 fully saturated rings. The fraction of sp³-hybridized carbons (Fsp3) is 0.200. The maximum atomic E-state index is 5.57. The van der Waals surface area contributed by atoms with Crippen LogP contribution in [-0.4, -0.2) is 23.1 Å². The molecule has 0 aromatic heterocycles. The maximum Gasteiger partial charge on any atom is 0.231 e. The van der Waals surface area contributed by atoms with Crippen molar-refractivity contribution in [3.05, 3.63) is 48.6 Å². The Balaban J connectivity index is 1.80. The predicted octanol–water partition coefficient (Wildman–Crippen LogP) is 2.33. The van der Waals surface area contributed by atoms with Crippen molar-refractivity contribution in [2.45, 2.75) is 13.8 Å². The lowest BCUT2D eigenvalue weighted by Gasteiger charge is -2.14. The van der Waals surface area contributed by atoms with E-state index in [1.165, 1.54) is 10.4 Å². The molecule has 0 spiro atoms. The van der Waals surface area contributed by atoms with Crippen LogP contribution in [0.2, 0.25) is 0 Å². The second kappa shape index (κ2) is 6.00. The fourth-order valence-corrected chi connectivity index (χ4v) is 5.43. The van der Waals surface area contributed by atoms with Crippen LogP contribution in [0.15, 0.2) is 37.4 Å². The maximum absolute atomic E-state index is 5.57. The van der Waals surface area contributed by atoms with Crippen molar-refractivity contribution in [1.82, 2.24) is 0 Å². The number of hydrogen-bond donors (Lipinski definition) is 0. The zero-order chi connectivity index (χ0) is 17.6. The lowest BCUT2D eigenvalue weighted by atomic mass is 10.1. The molecule has 0 saturated heterocycles. The summed E-state index contributed by atoms with van der Waals surface area (Å²) < 4.78 is 22.2. The SMILES string of the molecule is C=C(C)c1cc2c(cc1[SiH2]c1cc3c(cc1C(=C)C)OCO3)OCO2. The van der Waals surface area contributed by atoms with Crippen LogP contribution in [0.4, 0.5) is 0 Å². The van der Waals surface area contributed by atoms with Gasteiger partial charge >= 0.3 is 0 Å². The van der Waals surface area contributed by atoms with Crippen LogP contribution in [-0.2, 0) is 0 Å². The molecule has 0 unspecified atom stereocenters. The minimum absolute atomic E-state index is 0.275. The standard InChI is InChI=1S/C20H20O4Si/c1-11(2)13-5-15-17(23-9-21-15)7-19(13)25-20-8-18-16(22-10-24-18)6-14(20)12(3)4/h5-8H,1,3,9-10,25H2,2,4H3. The second-order valence-electron chi connectivity index (χ2n) is 6.46. The molecule has 0 aliphatic carbocycles. The molecule has 25 heavy (non-hydrogen) atoms. The highest BCUT2D eigenvalue weighted by Crippen LogP contribution is 2.35. The summed E-state index contributed by atoms with van der Waals surface area (Å²) in [5.74, 6) is 3.21. The average Bonchev–Trinajstić information content (AvgIpc) is 3.20. The lowest BCUT2D eigenvalue weighted by Crippen LogP contribution is -2.31. The quantitative estimate of drug-likeness (QED) is 0.792. The van der Waals surface area contributed by atoms with Crippen LogP contribution < -0.4 is 29.3 Å². The highest BCUT2D eigenvalue weighted by atomic mass is 28.2. The highest BCUT2D eigenvalue weighted by Gasteiger charge is 2.21. The molecule has 0 bridgehead atoms. The minimum Gasteiger partial charge on any atom is -0.454 e. The molecular weight excluding hydrogens is 332 g/mol. The highest BCUT2D eigenvalue weighted by molar-refractivity contribution is 6.69. The third kappa shape index (κ3) is 2.80. The largest absolute Gasteiger partial charge is 0.454 e. The first-order chi connectivity index (χ1) is 12.0. The minimum atomic E-state index is -0.808. The smallest absolute Gasteiger partial charge is 0.231 e. The van der Waals surface area contributed by atoms with E-state index in [0.717, 1.165) is 45.3 Å². The molecule has 2 heterocycles. The Kier molecular flexibility index (Phi) is 3.80. The number of rotatable bonds is 4. The van der Waals surface area contributed by atoms with Gasteiger partial charge in [-0.1, -0.05) is 34.7 Å². The van der Waals surface area contributed by atoms with Crippen LogP contribution in [0.3, 0.4) is 0 Å². The summed E-state index contributed by atoms with van der Waals surface area (Å²) in [7, 11) is -0.808. The van der Waals surface area contributed by atoms with Gasteiger partial charge in [0.15, 0.2) is 23.0 Å². The van der Waals surface area contributed by atoms with Gasteiger partial charge in [-0.25, -0.2) is 0 Å². The fourth-order valence-electron chi connectivity index (χ4n) is 3.26. The lowest BCUT2D eigenvalue weighted by molar-refractivity contribution is 0.173. The molecule has 2 aromatic rings. The van der Waals surface area contributed by atoms with Gasteiger partial charge < -0.3 is 18.9 Å². The molecule has 0 atom stereocenters. The van der Waals surface area contributed by atoms with Crippen molar-refractivity contribution in [3.63, 3.8) is 0 Å². The molecule has 0 N–H and O–H groups in total. The summed E-state index contributed by atoms with van der Waals surface area (Å²) in [6.45, 7) is 12.9. The number of allylic oxidation sites excluding steroid dienone is 2. The number of benzene rings is 2. The van der Waals surface area contributed by atoms with Crippen molar-refractivity contribution in [2.24, 2.45) is 0 Å². The van der Waals surface area contributed by atoms with E-state index in [2.05, 4.69) is 25.3 Å². The molecular formula is C20H20O4Si. The Hall–Kier alpha value is -2.66. The summed E-state index contributed by atoms with van der Waals surface area (Å²) in [5, 5.41) is 2.55. The molecule has 2 aliphatic heterocycles. The van der Waals surface area contributed by atoms with Gasteiger partial charge in [0.2, 0.25) is 13.6 Å². The predicted molar refractivity (Wildman–Crippen MR) is 102 cm³/mol. The molecule has 128 valence electrons. The Bertz CT molecular complexity index is 828. The zero-order valence-electron chi connectivity index (χ0n) is 14.5. The zero-order valence-corrected chi connectivity index (χ0v) is 15.9. The van der Waals surface area contributed by atoms with Gasteiger partial charge in [-0.05, 0) is 49.2 Å². The molecule has 4 rings (SSSR count). The van der Waals surface area contributed by atoms with E-state index < -0.39 is 9.52 Å². The van der Waals surface area contributed by atoms with E-state index in [4.69, 9.17) is 18.9 Å². The Labute approximate surface area is 149 Å². The molecule has 0 radical (unpaired) electrons. The first-order valence-corrected chi connectivity index (χ1v) is 9.61. The molecule has 5 heteroatoms. The van der Waals surface area contributed by atoms with Crippen LogP contribution in [0.1, 0.15) is 25.0 Å². The summed E-state index contributed by atoms with van der Waals surface area (Å²) >= 11 is 0. The van der Waals surface area contributed by atoms with Crippen molar-refractivity contribution in [2.75, 3.05) is 13.6 Å². The van der Waals surface area contributed by atoms with Crippen molar-refractivity contribution < 1.29 is 18.9 Å². The summed E-state index contributed by atoms with van der Waals surface area (Å²) in [5.41, 5.74) is 4.33. The topological polar surface area (TPSA) is 36.9 Å². The van der Waals surface area contributed by atoms with E-state index in [-0.39, 0.29) is 13.6 Å². The second-order valence-corrected chi connectivity index (χ2v) is 8.34. The van der Waals surface area contributed by atoms with E-state index in [1.54, 1.807) is 0 Å². The first-order valence-electron chi connectivity index (χ1n) is 8.19. The normalized spacial score (nSPS) is 13.8. The van der Waals surface area contributed by atoms with Crippen LogP contribution in [0, 0.1) is 0 Å². The van der Waals surface area contributed by atoms with Crippen molar-refractivity contribution in [1.29, 1.82) is 0 Å². The van der Waals surface area contributed by atoms with E-state index in [9.17, 15) is 0 Å². The Morgan fingerprint density at radius 3 is 1.44 bits per heavy atom. The number of ether oxygens (including phenoxy) is 4. The number of hydrogen-bond acceptors (Lipinski definition) is 4. The van der Waals surface area contributed by atoms with Crippen molar-refractivity contribution >= 4 is 31.0 Å². The van der Waals surface area contributed by atoms with Gasteiger partial charge in [0.1, 0.15) is 0 Å². The first kappa shape index (κ1) is 15.8. The van der Waals surface area contributed by atoms with Crippen LogP contribution in [0.5, 0.6) is 23.0 Å². The molecule has 4 nitrogen and oxygen atoms in total. The summed E-state index contributed by atoms with van der Waals surface area (Å²) in [4.78, 5) is 0. The third-order valence-corrected chi connectivity index (χ3v) is 6.43. The molecule has 2 aromatic carbocycles. The van der Waals surface area contributed by atoms with Crippen molar-refractivity contribution in [3.8, 4) is 23.0 Å². The summed E-state index contributed by atoms with van der Waals surface area (Å²) in [6.07, 6.45) is 0. The van der Waals surface area contributed by atoms with E-state index in [1.807, 2.05) is 26.0 Å². The summed E-state index contributed by atoms with van der Waals surface area (Å²) in [6, 6.07) is 8.29. The number of fused-ring (bicyclic) bond motifs is 2. The van der Waals surface area contributed by atoms with Gasteiger partial charge in [0, 0.05) is 0 Å². The molecule has 2 aliphatic rings. The van der Waals surface area contributed by atoms with Crippen LogP contribution in [0.25, 0.3) is 11.1 Å². The van der Waals surface area contributed by atoms with Crippen LogP contribution >= 0.6 is 0 Å². The molecule has 0 saturated carbocycles. The Morgan fingerprint density at radius 1 is 0.720 bits per heavy atom. The van der Waals surface area contributed by atoms with E-state index >= 15 is 0 Å². The Morgan fingerprint density at radius 2 is 1.08 bits per heavy atom. The van der Waals surface area contributed by atoms with E-state index in [0.29, 0.717) is 0 Å². The van der Waals surface area contributed by atoms with Gasteiger partial charge in [-0.3, -0.25) is 0 Å². The molecule has 0 amide bonds.